The standard InChI is InChI=1S/C49H26O9S4/c50-38-29-15-7-8-16-30(29)39(51)33(38)19-27-21-35-43(59-27)37-45(61-35)46-42(44-36(62-46)22-28(60-44)20-34-40(52)31-17-9-10-18-32(31)41(34)53)58-49(37,47(54)56-23-25-11-3-1-4-12-25)48(55)57-24-26-13-5-2-6-14-26/h1-22H,23-24H2. The number of carbonyl (C=O) groups excluding carboxylic acids is 6. The summed E-state index contributed by atoms with van der Waals surface area (Å²) in [5.41, 5.74) is 0.611. The molecule has 0 unspecified atom stereocenters. The molecule has 11 rings (SSSR count). The number of ketones is 4. The lowest BCUT2D eigenvalue weighted by atomic mass is 9.90. The van der Waals surface area contributed by atoms with Crippen LogP contribution >= 0.6 is 45.3 Å². The van der Waals surface area contributed by atoms with Crippen molar-refractivity contribution in [3.8, 4) is 15.5 Å². The molecule has 0 bridgehead atoms. The summed E-state index contributed by atoms with van der Waals surface area (Å²) < 4.78 is 21.5. The summed E-state index contributed by atoms with van der Waals surface area (Å²) in [7, 11) is 0. The minimum Gasteiger partial charge on any atom is -0.457 e. The average Bonchev–Trinajstić information content (AvgIpc) is 4.13. The fraction of sp³-hybridized carbons (Fsp3) is 0.0612. The van der Waals surface area contributed by atoms with Crippen molar-refractivity contribution in [1.82, 2.24) is 0 Å². The Hall–Kier alpha value is -6.90. The van der Waals surface area contributed by atoms with Gasteiger partial charge in [-0.15, -0.1) is 45.3 Å². The van der Waals surface area contributed by atoms with E-state index in [-0.39, 0.29) is 58.8 Å². The third-order valence-electron chi connectivity index (χ3n) is 10.9. The van der Waals surface area contributed by atoms with E-state index < -0.39 is 17.5 Å². The van der Waals surface area contributed by atoms with Crippen molar-refractivity contribution in [3.05, 3.63) is 181 Å². The van der Waals surface area contributed by atoms with Crippen LogP contribution in [-0.2, 0) is 37.9 Å². The van der Waals surface area contributed by atoms with Crippen LogP contribution in [0.5, 0.6) is 5.75 Å². The molecule has 0 radical (unpaired) electrons. The predicted molar refractivity (Wildman–Crippen MR) is 239 cm³/mol. The Kier molecular flexibility index (Phi) is 8.98. The minimum absolute atomic E-state index is 0.0254. The third kappa shape index (κ3) is 5.92. The van der Waals surface area contributed by atoms with Crippen molar-refractivity contribution in [1.29, 1.82) is 0 Å². The molecule has 5 heterocycles. The smallest absolute Gasteiger partial charge is 0.367 e. The Morgan fingerprint density at radius 2 is 0.919 bits per heavy atom. The van der Waals surface area contributed by atoms with Gasteiger partial charge in [-0.3, -0.25) is 19.2 Å². The Morgan fingerprint density at radius 1 is 0.516 bits per heavy atom. The zero-order chi connectivity index (χ0) is 42.3. The van der Waals surface area contributed by atoms with Crippen molar-refractivity contribution in [3.63, 3.8) is 0 Å². The van der Waals surface area contributed by atoms with Crippen LogP contribution in [0.3, 0.4) is 0 Å². The number of hydrogen-bond donors (Lipinski definition) is 0. The minimum atomic E-state index is -2.47. The van der Waals surface area contributed by atoms with E-state index in [4.69, 9.17) is 14.2 Å². The molecule has 0 N–H and O–H groups in total. The molecular weight excluding hydrogens is 861 g/mol. The number of rotatable bonds is 8. The molecule has 8 aromatic rings. The zero-order valence-electron chi connectivity index (χ0n) is 31.9. The van der Waals surface area contributed by atoms with Crippen molar-refractivity contribution in [2.75, 3.05) is 0 Å². The van der Waals surface area contributed by atoms with Gasteiger partial charge >= 0.3 is 17.5 Å². The molecule has 4 aromatic heterocycles. The van der Waals surface area contributed by atoms with Gasteiger partial charge in [-0.05, 0) is 35.4 Å². The van der Waals surface area contributed by atoms with Gasteiger partial charge in [0.05, 0.1) is 40.6 Å². The monoisotopic (exact) mass is 886 g/mol. The van der Waals surface area contributed by atoms with Gasteiger partial charge in [0.15, 0.2) is 28.9 Å². The van der Waals surface area contributed by atoms with Crippen LogP contribution < -0.4 is 4.74 Å². The molecule has 0 spiro atoms. The van der Waals surface area contributed by atoms with Crippen molar-refractivity contribution >= 4 is 111 Å². The number of carbonyl (C=O) groups is 6. The van der Waals surface area contributed by atoms with Gasteiger partial charge in [-0.1, -0.05) is 109 Å². The Labute approximate surface area is 367 Å². The van der Waals surface area contributed by atoms with E-state index >= 15 is 9.59 Å². The van der Waals surface area contributed by atoms with Crippen molar-refractivity contribution < 1.29 is 43.0 Å². The highest BCUT2D eigenvalue weighted by atomic mass is 32.1. The van der Waals surface area contributed by atoms with Gasteiger partial charge in [0.25, 0.3) is 0 Å². The number of benzene rings is 4. The summed E-state index contributed by atoms with van der Waals surface area (Å²) in [4.78, 5) is 85.9. The van der Waals surface area contributed by atoms with Crippen LogP contribution in [0.25, 0.3) is 40.7 Å². The molecule has 4 aromatic carbocycles. The van der Waals surface area contributed by atoms with E-state index in [9.17, 15) is 19.2 Å². The maximum Gasteiger partial charge on any atom is 0.367 e. The highest BCUT2D eigenvalue weighted by Crippen LogP contribution is 2.61. The van der Waals surface area contributed by atoms with Gasteiger partial charge in [-0.2, -0.15) is 0 Å². The molecule has 62 heavy (non-hydrogen) atoms. The van der Waals surface area contributed by atoms with Crippen molar-refractivity contribution in [2.45, 2.75) is 18.8 Å². The molecule has 1 aliphatic heterocycles. The molecule has 2 aliphatic carbocycles. The van der Waals surface area contributed by atoms with Gasteiger partial charge in [0.2, 0.25) is 0 Å². The number of fused-ring (bicyclic) bond motifs is 9. The topological polar surface area (TPSA) is 130 Å². The van der Waals surface area contributed by atoms with E-state index in [1.54, 1.807) is 84.9 Å². The zero-order valence-corrected chi connectivity index (χ0v) is 35.2. The normalized spacial score (nSPS) is 14.7. The Balaban J connectivity index is 1.07. The Bertz CT molecular complexity index is 3210. The first-order valence-corrected chi connectivity index (χ1v) is 22.5. The van der Waals surface area contributed by atoms with Gasteiger partial charge < -0.3 is 14.2 Å². The van der Waals surface area contributed by atoms with Gasteiger partial charge in [-0.25, -0.2) is 9.59 Å². The summed E-state index contributed by atoms with van der Waals surface area (Å²) in [5.74, 6) is -3.17. The molecule has 13 heteroatoms. The summed E-state index contributed by atoms with van der Waals surface area (Å²) >= 11 is 5.23. The largest absolute Gasteiger partial charge is 0.457 e. The molecule has 9 nitrogen and oxygen atoms in total. The molecule has 0 saturated heterocycles. The number of Topliss-reactive ketones (excluding diaryl/α,β-unsaturated/α-hetero) is 4. The molecule has 0 fully saturated rings. The predicted octanol–water partition coefficient (Wildman–Crippen LogP) is 10.9. The van der Waals surface area contributed by atoms with E-state index in [0.29, 0.717) is 67.0 Å². The second-order valence-corrected chi connectivity index (χ2v) is 19.0. The Morgan fingerprint density at radius 3 is 1.39 bits per heavy atom. The fourth-order valence-corrected chi connectivity index (χ4v) is 13.2. The lowest BCUT2D eigenvalue weighted by molar-refractivity contribution is -0.183. The quantitative estimate of drug-likeness (QED) is 0.0633. The van der Waals surface area contributed by atoms with Crippen LogP contribution in [0.4, 0.5) is 0 Å². The number of hydrogen-bond acceptors (Lipinski definition) is 13. The van der Waals surface area contributed by atoms with Crippen LogP contribution in [0.2, 0.25) is 0 Å². The molecule has 0 saturated carbocycles. The second-order valence-electron chi connectivity index (χ2n) is 14.7. The average molecular weight is 887 g/mol. The second kappa shape index (κ2) is 14.6. The third-order valence-corrected chi connectivity index (χ3v) is 15.8. The number of ether oxygens (including phenoxy) is 3. The van der Waals surface area contributed by atoms with E-state index in [1.165, 1.54) is 45.3 Å². The number of esters is 2. The van der Waals surface area contributed by atoms with E-state index in [0.717, 1.165) is 4.70 Å². The first-order chi connectivity index (χ1) is 30.2. The summed E-state index contributed by atoms with van der Waals surface area (Å²) in [6.45, 7) is -0.335. The highest BCUT2D eigenvalue weighted by molar-refractivity contribution is 7.35. The fourth-order valence-electron chi connectivity index (χ4n) is 7.97. The maximum absolute atomic E-state index is 15.0. The molecule has 0 amide bonds. The van der Waals surface area contributed by atoms with Gasteiger partial charge in [0, 0.05) is 36.7 Å². The molecular formula is C49H26O9S4. The maximum atomic E-state index is 15.0. The molecule has 0 atom stereocenters. The summed E-state index contributed by atoms with van der Waals surface area (Å²) in [5, 5.41) is 0. The van der Waals surface area contributed by atoms with Crippen molar-refractivity contribution in [2.24, 2.45) is 0 Å². The van der Waals surface area contributed by atoms with Crippen LogP contribution in [0, 0.1) is 0 Å². The SMILES string of the molecule is O=C1C(=Cc2cc3sc4c(c3s2)OC(C(=O)OCc2ccccc2)(C(=O)OCc2ccccc2)c2c-4sc3cc(C=C4C(=O)c5ccccc5C4=O)sc23)C(=O)c2ccccc21. The first kappa shape index (κ1) is 38.1. The van der Waals surface area contributed by atoms with Gasteiger partial charge in [0.1, 0.15) is 13.2 Å². The van der Waals surface area contributed by atoms with Crippen LogP contribution in [0.1, 0.15) is 67.9 Å². The summed E-state index contributed by atoms with van der Waals surface area (Å²) in [6.07, 6.45) is 3.13. The lowest BCUT2D eigenvalue weighted by Gasteiger charge is -2.33. The summed E-state index contributed by atoms with van der Waals surface area (Å²) in [6, 6.07) is 35.2. The van der Waals surface area contributed by atoms with E-state index in [2.05, 4.69) is 0 Å². The number of thiophene rings is 4. The van der Waals surface area contributed by atoms with Crippen LogP contribution in [-0.4, -0.2) is 35.1 Å². The molecule has 3 aliphatic rings. The first-order valence-electron chi connectivity index (χ1n) is 19.2. The number of allylic oxidation sites excluding steroid dienone is 2. The molecule has 300 valence electrons. The lowest BCUT2D eigenvalue weighted by Crippen LogP contribution is -2.52. The highest BCUT2D eigenvalue weighted by Gasteiger charge is 2.60. The van der Waals surface area contributed by atoms with Crippen LogP contribution in [0.15, 0.2) is 132 Å². The van der Waals surface area contributed by atoms with E-state index in [1.807, 2.05) is 48.5 Å².